The van der Waals surface area contributed by atoms with Gasteiger partial charge in [-0.2, -0.15) is 0 Å². The normalized spacial score (nSPS) is 12.1. The minimum absolute atomic E-state index is 0.427. The van der Waals surface area contributed by atoms with E-state index in [-0.39, 0.29) is 0 Å². The second kappa shape index (κ2) is 6.02. The molecule has 130 valence electrons. The van der Waals surface area contributed by atoms with Crippen molar-refractivity contribution < 1.29 is 46.0 Å². The lowest BCUT2D eigenvalue weighted by Crippen LogP contribution is -2.19. The summed E-state index contributed by atoms with van der Waals surface area (Å²) in [5.74, 6) is -3.04. The third-order valence-electron chi connectivity index (χ3n) is 2.67. The molecule has 2 aromatic rings. The molecule has 0 saturated carbocycles. The Balaban J connectivity index is 2.59. The molecule has 2 rings (SSSR count). The van der Waals surface area contributed by atoms with Gasteiger partial charge in [-0.3, -0.25) is 0 Å². The van der Waals surface area contributed by atoms with Crippen molar-refractivity contribution in [3.05, 3.63) is 36.4 Å². The highest BCUT2D eigenvalue weighted by molar-refractivity contribution is 5.77. The number of benzene rings is 2. The minimum Gasteiger partial charge on any atom is -0.508 e. The standard InChI is InChI=1S/C14H8F6O4/c15-13(16,17)23-11-5-7(21)1-3-9(11)10-4-2-8(22)6-12(10)24-14(18,19)20/h1-6,21-22H. The summed E-state index contributed by atoms with van der Waals surface area (Å²) < 4.78 is 82.1. The van der Waals surface area contributed by atoms with E-state index in [2.05, 4.69) is 9.47 Å². The van der Waals surface area contributed by atoms with E-state index in [1.807, 2.05) is 0 Å². The fraction of sp³-hybridized carbons (Fsp3) is 0.143. The summed E-state index contributed by atoms with van der Waals surface area (Å²) in [6.07, 6.45) is -10.3. The van der Waals surface area contributed by atoms with Crippen molar-refractivity contribution in [2.24, 2.45) is 0 Å². The largest absolute Gasteiger partial charge is 0.573 e. The summed E-state index contributed by atoms with van der Waals surface area (Å²) in [5.41, 5.74) is -0.853. The monoisotopic (exact) mass is 354 g/mol. The highest BCUT2D eigenvalue weighted by Gasteiger charge is 2.35. The van der Waals surface area contributed by atoms with Crippen LogP contribution in [0.2, 0.25) is 0 Å². The number of ether oxygens (including phenoxy) is 2. The summed E-state index contributed by atoms with van der Waals surface area (Å²) in [5, 5.41) is 18.6. The average Bonchev–Trinajstić information content (AvgIpc) is 2.36. The van der Waals surface area contributed by atoms with Gasteiger partial charge in [-0.25, -0.2) is 0 Å². The number of rotatable bonds is 3. The second-order valence-corrected chi connectivity index (χ2v) is 4.46. The molecular weight excluding hydrogens is 346 g/mol. The fourth-order valence-electron chi connectivity index (χ4n) is 1.89. The first-order chi connectivity index (χ1) is 10.9. The maximum atomic E-state index is 12.4. The molecule has 2 aromatic carbocycles. The Morgan fingerprint density at radius 1 is 0.625 bits per heavy atom. The zero-order chi connectivity index (χ0) is 18.1. The second-order valence-electron chi connectivity index (χ2n) is 4.46. The van der Waals surface area contributed by atoms with Crippen LogP contribution in [-0.4, -0.2) is 22.9 Å². The fourth-order valence-corrected chi connectivity index (χ4v) is 1.89. The van der Waals surface area contributed by atoms with Crippen molar-refractivity contribution in [2.45, 2.75) is 12.7 Å². The van der Waals surface area contributed by atoms with Crippen molar-refractivity contribution in [2.75, 3.05) is 0 Å². The molecule has 0 amide bonds. The molecule has 0 fully saturated rings. The first kappa shape index (κ1) is 17.6. The van der Waals surface area contributed by atoms with Gasteiger partial charge in [0, 0.05) is 23.3 Å². The summed E-state index contributed by atoms with van der Waals surface area (Å²) in [6.45, 7) is 0. The Kier molecular flexibility index (Phi) is 4.41. The molecule has 0 aromatic heterocycles. The van der Waals surface area contributed by atoms with Gasteiger partial charge < -0.3 is 19.7 Å². The number of halogens is 6. The van der Waals surface area contributed by atoms with Crippen LogP contribution >= 0.6 is 0 Å². The Morgan fingerprint density at radius 3 is 1.25 bits per heavy atom. The van der Waals surface area contributed by atoms with Crippen molar-refractivity contribution in [3.63, 3.8) is 0 Å². The molecule has 0 bridgehead atoms. The first-order valence-corrected chi connectivity index (χ1v) is 6.12. The van der Waals surface area contributed by atoms with E-state index in [9.17, 15) is 36.6 Å². The molecular formula is C14H8F6O4. The number of hydrogen-bond acceptors (Lipinski definition) is 4. The van der Waals surface area contributed by atoms with Crippen molar-refractivity contribution in [3.8, 4) is 34.1 Å². The van der Waals surface area contributed by atoms with Gasteiger partial charge in [0.05, 0.1) is 0 Å². The van der Waals surface area contributed by atoms with Gasteiger partial charge in [0.15, 0.2) is 0 Å². The zero-order valence-corrected chi connectivity index (χ0v) is 11.4. The molecule has 2 N–H and O–H groups in total. The van der Waals surface area contributed by atoms with Crippen LogP contribution in [-0.2, 0) is 0 Å². The van der Waals surface area contributed by atoms with E-state index in [1.165, 1.54) is 0 Å². The van der Waals surface area contributed by atoms with Gasteiger partial charge in [-0.1, -0.05) is 0 Å². The molecule has 0 aliphatic heterocycles. The lowest BCUT2D eigenvalue weighted by atomic mass is 10.0. The van der Waals surface area contributed by atoms with E-state index in [0.29, 0.717) is 12.1 Å². The van der Waals surface area contributed by atoms with Gasteiger partial charge in [0.25, 0.3) is 0 Å². The van der Waals surface area contributed by atoms with Gasteiger partial charge in [0.1, 0.15) is 23.0 Å². The third-order valence-corrected chi connectivity index (χ3v) is 2.67. The van der Waals surface area contributed by atoms with E-state index < -0.39 is 46.8 Å². The molecule has 0 saturated heterocycles. The van der Waals surface area contributed by atoms with E-state index in [1.54, 1.807) is 0 Å². The average molecular weight is 354 g/mol. The van der Waals surface area contributed by atoms with Gasteiger partial charge in [0.2, 0.25) is 0 Å². The Bertz CT molecular complexity index is 676. The molecule has 4 nitrogen and oxygen atoms in total. The van der Waals surface area contributed by atoms with Gasteiger partial charge in [-0.05, 0) is 24.3 Å². The molecule has 0 atom stereocenters. The molecule has 0 aliphatic carbocycles. The maximum absolute atomic E-state index is 12.4. The predicted octanol–water partition coefficient (Wildman–Crippen LogP) is 4.56. The van der Waals surface area contributed by atoms with Crippen molar-refractivity contribution in [1.29, 1.82) is 0 Å². The number of phenols is 2. The van der Waals surface area contributed by atoms with E-state index in [0.717, 1.165) is 24.3 Å². The molecule has 0 aliphatic rings. The Labute approximate surface area is 130 Å². The van der Waals surface area contributed by atoms with Crippen LogP contribution in [0.3, 0.4) is 0 Å². The molecule has 0 unspecified atom stereocenters. The quantitative estimate of drug-likeness (QED) is 0.794. The number of aromatic hydroxyl groups is 2. The summed E-state index contributed by atoms with van der Waals surface area (Å²) in [4.78, 5) is 0. The summed E-state index contributed by atoms with van der Waals surface area (Å²) >= 11 is 0. The third kappa shape index (κ3) is 4.61. The SMILES string of the molecule is Oc1ccc(-c2ccc(O)cc2OC(F)(F)F)c(OC(F)(F)F)c1. The molecule has 24 heavy (non-hydrogen) atoms. The molecule has 10 heteroatoms. The van der Waals surface area contributed by atoms with Gasteiger partial charge in [-0.15, -0.1) is 26.3 Å². The van der Waals surface area contributed by atoms with Crippen molar-refractivity contribution in [1.82, 2.24) is 0 Å². The molecule has 0 radical (unpaired) electrons. The summed E-state index contributed by atoms with van der Waals surface area (Å²) in [6, 6.07) is 4.95. The highest BCUT2D eigenvalue weighted by atomic mass is 19.4. The lowest BCUT2D eigenvalue weighted by molar-refractivity contribution is -0.276. The number of phenolic OH excluding ortho intramolecular Hbond substituents is 2. The van der Waals surface area contributed by atoms with Crippen LogP contribution in [0.4, 0.5) is 26.3 Å². The first-order valence-electron chi connectivity index (χ1n) is 6.12. The zero-order valence-electron chi connectivity index (χ0n) is 11.4. The van der Waals surface area contributed by atoms with Crippen LogP contribution in [0, 0.1) is 0 Å². The highest BCUT2D eigenvalue weighted by Crippen LogP contribution is 2.42. The molecule has 0 heterocycles. The van der Waals surface area contributed by atoms with Crippen molar-refractivity contribution >= 4 is 0 Å². The minimum atomic E-state index is -5.13. The van der Waals surface area contributed by atoms with E-state index in [4.69, 9.17) is 0 Å². The van der Waals surface area contributed by atoms with Gasteiger partial charge >= 0.3 is 12.7 Å². The lowest BCUT2D eigenvalue weighted by Gasteiger charge is -2.17. The smallest absolute Gasteiger partial charge is 0.508 e. The van der Waals surface area contributed by atoms with Crippen LogP contribution in [0.1, 0.15) is 0 Å². The van der Waals surface area contributed by atoms with E-state index >= 15 is 0 Å². The van der Waals surface area contributed by atoms with Crippen LogP contribution in [0.15, 0.2) is 36.4 Å². The number of alkyl halides is 6. The Hall–Kier alpha value is -2.78. The predicted molar refractivity (Wildman–Crippen MR) is 68.6 cm³/mol. The Morgan fingerprint density at radius 2 is 0.958 bits per heavy atom. The van der Waals surface area contributed by atoms with Crippen LogP contribution in [0.5, 0.6) is 23.0 Å². The number of hydrogen-bond donors (Lipinski definition) is 2. The summed E-state index contributed by atoms with van der Waals surface area (Å²) in [7, 11) is 0. The maximum Gasteiger partial charge on any atom is 0.573 e. The van der Waals surface area contributed by atoms with Crippen LogP contribution < -0.4 is 9.47 Å². The van der Waals surface area contributed by atoms with Crippen LogP contribution in [0.25, 0.3) is 11.1 Å². The molecule has 0 spiro atoms. The topological polar surface area (TPSA) is 58.9 Å².